The Morgan fingerprint density at radius 1 is 0.684 bits per heavy atom. The molecule has 4 rings (SSSR count). The van der Waals surface area contributed by atoms with E-state index in [1.165, 1.54) is 29.5 Å². The van der Waals surface area contributed by atoms with Crippen molar-refractivity contribution in [1.29, 1.82) is 0 Å². The molecule has 0 N–H and O–H groups in total. The van der Waals surface area contributed by atoms with E-state index in [4.69, 9.17) is 0 Å². The van der Waals surface area contributed by atoms with Gasteiger partial charge in [0, 0.05) is 0 Å². The van der Waals surface area contributed by atoms with E-state index in [2.05, 4.69) is 66.7 Å². The van der Waals surface area contributed by atoms with Gasteiger partial charge >= 0.3 is 0 Å². The van der Waals surface area contributed by atoms with Crippen molar-refractivity contribution in [2.45, 2.75) is 18.8 Å². The van der Waals surface area contributed by atoms with Crippen LogP contribution in [0.1, 0.15) is 24.3 Å². The van der Waals surface area contributed by atoms with Crippen LogP contribution in [-0.4, -0.2) is 0 Å². The summed E-state index contributed by atoms with van der Waals surface area (Å²) in [5.74, 6) is 2.41. The molecular formula is C19H18. The van der Waals surface area contributed by atoms with E-state index in [9.17, 15) is 0 Å². The molecule has 1 fully saturated rings. The Morgan fingerprint density at radius 3 is 2.05 bits per heavy atom. The van der Waals surface area contributed by atoms with Gasteiger partial charge < -0.3 is 0 Å². The summed E-state index contributed by atoms with van der Waals surface area (Å²) in [5.41, 5.74) is 4.15. The van der Waals surface area contributed by atoms with Gasteiger partial charge in [-0.25, -0.2) is 0 Å². The third-order valence-electron chi connectivity index (χ3n) is 4.72. The third-order valence-corrected chi connectivity index (χ3v) is 4.72. The first-order valence-electron chi connectivity index (χ1n) is 7.24. The summed E-state index contributed by atoms with van der Waals surface area (Å²) >= 11 is 0. The molecule has 0 heterocycles. The van der Waals surface area contributed by atoms with Crippen LogP contribution < -0.4 is 0 Å². The van der Waals surface area contributed by atoms with Gasteiger partial charge in [0.05, 0.1) is 0 Å². The fraction of sp³-hybridized carbons (Fsp3) is 0.263. The predicted molar refractivity (Wildman–Crippen MR) is 80.0 cm³/mol. The van der Waals surface area contributed by atoms with Crippen molar-refractivity contribution < 1.29 is 0 Å². The second-order valence-electron chi connectivity index (χ2n) is 5.87. The highest BCUT2D eigenvalue weighted by atomic mass is 14.4. The maximum atomic E-state index is 2.43. The largest absolute Gasteiger partial charge is 0.0851 e. The summed E-state index contributed by atoms with van der Waals surface area (Å²) < 4.78 is 0. The molecular weight excluding hydrogens is 228 g/mol. The van der Waals surface area contributed by atoms with Gasteiger partial charge in [0.25, 0.3) is 0 Å². The molecule has 94 valence electrons. The zero-order chi connectivity index (χ0) is 12.7. The fourth-order valence-corrected chi connectivity index (χ4v) is 3.72. The van der Waals surface area contributed by atoms with E-state index in [0.29, 0.717) is 0 Å². The Morgan fingerprint density at radius 2 is 1.42 bits per heavy atom. The second-order valence-corrected chi connectivity index (χ2v) is 5.87. The molecule has 0 unspecified atom stereocenters. The van der Waals surface area contributed by atoms with Crippen LogP contribution in [0, 0.1) is 11.8 Å². The molecule has 0 aliphatic heterocycles. The van der Waals surface area contributed by atoms with Crippen LogP contribution in [0.3, 0.4) is 0 Å². The molecule has 0 spiro atoms. The van der Waals surface area contributed by atoms with Crippen LogP contribution in [0.2, 0.25) is 0 Å². The first-order valence-corrected chi connectivity index (χ1v) is 7.24. The van der Waals surface area contributed by atoms with Gasteiger partial charge in [0.15, 0.2) is 0 Å². The number of hydrogen-bond acceptors (Lipinski definition) is 0. The van der Waals surface area contributed by atoms with Crippen LogP contribution in [0.25, 0.3) is 11.1 Å². The van der Waals surface area contributed by atoms with Gasteiger partial charge in [-0.05, 0) is 47.3 Å². The van der Waals surface area contributed by atoms with E-state index >= 15 is 0 Å². The van der Waals surface area contributed by atoms with Crippen molar-refractivity contribution in [3.05, 3.63) is 72.3 Å². The highest BCUT2D eigenvalue weighted by molar-refractivity contribution is 5.63. The van der Waals surface area contributed by atoms with Gasteiger partial charge in [-0.2, -0.15) is 0 Å². The minimum Gasteiger partial charge on any atom is -0.0851 e. The van der Waals surface area contributed by atoms with Crippen molar-refractivity contribution >= 4 is 0 Å². The maximum Gasteiger partial charge on any atom is -0.00932 e. The molecule has 1 saturated carbocycles. The fourth-order valence-electron chi connectivity index (χ4n) is 3.72. The summed E-state index contributed by atoms with van der Waals surface area (Å²) in [5, 5.41) is 0. The van der Waals surface area contributed by atoms with E-state index in [0.717, 1.165) is 17.8 Å². The lowest BCUT2D eigenvalue weighted by molar-refractivity contribution is 0.586. The average molecular weight is 246 g/mol. The van der Waals surface area contributed by atoms with Crippen LogP contribution in [0.15, 0.2) is 66.7 Å². The summed E-state index contributed by atoms with van der Waals surface area (Å²) in [7, 11) is 0. The number of rotatable bonds is 2. The predicted octanol–water partition coefficient (Wildman–Crippen LogP) is 5.03. The minimum atomic E-state index is 0.764. The molecule has 0 heteroatoms. The second kappa shape index (κ2) is 4.38. The molecule has 19 heavy (non-hydrogen) atoms. The lowest BCUT2D eigenvalue weighted by atomic mass is 9.86. The summed E-state index contributed by atoms with van der Waals surface area (Å²) in [6, 6.07) is 19.8. The van der Waals surface area contributed by atoms with Crippen LogP contribution in [-0.2, 0) is 0 Å². The lowest BCUT2D eigenvalue weighted by Crippen LogP contribution is -2.04. The molecule has 2 aliphatic carbocycles. The van der Waals surface area contributed by atoms with E-state index in [1.54, 1.807) is 0 Å². The molecule has 0 nitrogen and oxygen atoms in total. The standard InChI is InChI=1S/C19H18/c1-2-4-15(5-3-1)16-8-10-17(11-9-16)19-13-14-6-7-18(19)12-14/h1-11,14,18-19H,12-13H2/t14-,18+,19-/m1/s1. The van der Waals surface area contributed by atoms with Gasteiger partial charge in [-0.3, -0.25) is 0 Å². The minimum absolute atomic E-state index is 0.764. The normalized spacial score (nSPS) is 27.9. The number of benzene rings is 2. The Labute approximate surface area is 114 Å². The third kappa shape index (κ3) is 1.92. The zero-order valence-electron chi connectivity index (χ0n) is 11.0. The highest BCUT2D eigenvalue weighted by Gasteiger charge is 2.36. The van der Waals surface area contributed by atoms with E-state index in [1.807, 2.05) is 0 Å². The molecule has 0 radical (unpaired) electrons. The summed E-state index contributed by atoms with van der Waals surface area (Å²) in [6.45, 7) is 0. The van der Waals surface area contributed by atoms with Gasteiger partial charge in [-0.15, -0.1) is 0 Å². The molecule has 0 saturated heterocycles. The topological polar surface area (TPSA) is 0 Å². The molecule has 3 atom stereocenters. The molecule has 2 aromatic carbocycles. The van der Waals surface area contributed by atoms with E-state index in [-0.39, 0.29) is 0 Å². The smallest absolute Gasteiger partial charge is 0.00932 e. The molecule has 0 aromatic heterocycles. The Bertz CT molecular complexity index is 592. The molecule has 0 amide bonds. The Balaban J connectivity index is 1.62. The Kier molecular flexibility index (Phi) is 2.55. The quantitative estimate of drug-likeness (QED) is 0.652. The van der Waals surface area contributed by atoms with E-state index < -0.39 is 0 Å². The van der Waals surface area contributed by atoms with Gasteiger partial charge in [0.2, 0.25) is 0 Å². The number of hydrogen-bond donors (Lipinski definition) is 0. The first kappa shape index (κ1) is 11.0. The van der Waals surface area contributed by atoms with Crippen LogP contribution in [0.5, 0.6) is 0 Å². The van der Waals surface area contributed by atoms with Crippen molar-refractivity contribution in [1.82, 2.24) is 0 Å². The Hall–Kier alpha value is -1.82. The molecule has 2 aromatic rings. The van der Waals surface area contributed by atoms with Crippen molar-refractivity contribution in [2.75, 3.05) is 0 Å². The summed E-state index contributed by atoms with van der Waals surface area (Å²) in [4.78, 5) is 0. The van der Waals surface area contributed by atoms with Crippen molar-refractivity contribution in [2.24, 2.45) is 11.8 Å². The first-order chi connectivity index (χ1) is 9.40. The lowest BCUT2D eigenvalue weighted by Gasteiger charge is -2.18. The van der Waals surface area contributed by atoms with Crippen molar-refractivity contribution in [3.8, 4) is 11.1 Å². The zero-order valence-corrected chi connectivity index (χ0v) is 11.0. The molecule has 2 bridgehead atoms. The van der Waals surface area contributed by atoms with Crippen LogP contribution in [0.4, 0.5) is 0 Å². The highest BCUT2D eigenvalue weighted by Crippen LogP contribution is 2.48. The number of fused-ring (bicyclic) bond motifs is 2. The van der Waals surface area contributed by atoms with Crippen LogP contribution >= 0.6 is 0 Å². The van der Waals surface area contributed by atoms with Gasteiger partial charge in [-0.1, -0.05) is 66.7 Å². The van der Waals surface area contributed by atoms with Gasteiger partial charge in [0.1, 0.15) is 0 Å². The number of allylic oxidation sites excluding steroid dienone is 2. The molecule has 2 aliphatic rings. The van der Waals surface area contributed by atoms with Crippen molar-refractivity contribution in [3.63, 3.8) is 0 Å². The summed E-state index contributed by atoms with van der Waals surface area (Å²) in [6.07, 6.45) is 7.58. The monoisotopic (exact) mass is 246 g/mol. The average Bonchev–Trinajstić information content (AvgIpc) is 3.11. The maximum absolute atomic E-state index is 2.43. The SMILES string of the molecule is C1=C[C@H]2C[C@@H]1C[C@@H]2c1ccc(-c2ccccc2)cc1.